The summed E-state index contributed by atoms with van der Waals surface area (Å²) in [6.45, 7) is 3.80. The van der Waals surface area contributed by atoms with Gasteiger partial charge in [-0.15, -0.1) is 0 Å². The van der Waals surface area contributed by atoms with Gasteiger partial charge in [-0.05, 0) is 54.8 Å². The molecule has 3 aromatic carbocycles. The smallest absolute Gasteiger partial charge is 0.350 e. The first kappa shape index (κ1) is 23.3. The van der Waals surface area contributed by atoms with Crippen LogP contribution in [0.3, 0.4) is 0 Å². The first-order chi connectivity index (χ1) is 15.9. The first-order valence-corrected chi connectivity index (χ1v) is 10.3. The van der Waals surface area contributed by atoms with Crippen LogP contribution >= 0.6 is 0 Å². The number of carbonyl (C=O) groups is 2. The van der Waals surface area contributed by atoms with Crippen LogP contribution in [0.25, 0.3) is 6.08 Å². The summed E-state index contributed by atoms with van der Waals surface area (Å²) in [5, 5.41) is 12.4. The van der Waals surface area contributed by atoms with Gasteiger partial charge in [0, 0.05) is 11.3 Å². The number of anilines is 1. The summed E-state index contributed by atoms with van der Waals surface area (Å²) in [7, 11) is 1.55. The lowest BCUT2D eigenvalue weighted by molar-refractivity contribution is -0.150. The molecule has 0 aliphatic heterocycles. The number of nitrogens with zero attached hydrogens (tertiary/aromatic N) is 1. The van der Waals surface area contributed by atoms with E-state index >= 15 is 0 Å². The third-order valence-corrected chi connectivity index (χ3v) is 4.98. The molecule has 1 atom stereocenters. The summed E-state index contributed by atoms with van der Waals surface area (Å²) < 4.78 is 10.7. The maximum atomic E-state index is 13.1. The Labute approximate surface area is 193 Å². The molecule has 166 valence electrons. The fourth-order valence-electron chi connectivity index (χ4n) is 3.14. The Bertz CT molecular complexity index is 1210. The summed E-state index contributed by atoms with van der Waals surface area (Å²) in [4.78, 5) is 26.0. The maximum absolute atomic E-state index is 13.1. The molecular formula is C27H24N2O4. The quantitative estimate of drug-likeness (QED) is 0.312. The highest BCUT2D eigenvalue weighted by atomic mass is 16.5. The van der Waals surface area contributed by atoms with Crippen molar-refractivity contribution in [2.75, 3.05) is 12.4 Å². The van der Waals surface area contributed by atoms with Crippen molar-refractivity contribution in [1.82, 2.24) is 0 Å². The zero-order chi connectivity index (χ0) is 23.8. The molecule has 1 N–H and O–H groups in total. The molecule has 33 heavy (non-hydrogen) atoms. The van der Waals surface area contributed by atoms with Crippen molar-refractivity contribution in [3.05, 3.63) is 101 Å². The number of methoxy groups -OCH3 is 1. The van der Waals surface area contributed by atoms with Crippen LogP contribution in [0, 0.1) is 25.2 Å². The van der Waals surface area contributed by atoms with E-state index < -0.39 is 18.0 Å². The van der Waals surface area contributed by atoms with E-state index in [1.165, 1.54) is 6.08 Å². The lowest BCUT2D eigenvalue weighted by Gasteiger charge is -2.19. The van der Waals surface area contributed by atoms with E-state index in [1.54, 1.807) is 61.7 Å². The molecule has 0 bridgehead atoms. The average molecular weight is 440 g/mol. The molecule has 0 saturated carbocycles. The predicted octanol–water partition coefficient (Wildman–Crippen LogP) is 5.14. The van der Waals surface area contributed by atoms with Crippen molar-refractivity contribution in [3.8, 4) is 11.8 Å². The standard InChI is InChI=1S/C27H24N2O4/c1-18-9-10-19(2)24(15-18)29-26(30)25(21-7-5-4-6-8-21)33-27(31)22(17-28)16-20-11-13-23(32-3)14-12-20/h4-16,25H,1-3H3,(H,29,30)/b22-16+. The van der Waals surface area contributed by atoms with Crippen molar-refractivity contribution in [3.63, 3.8) is 0 Å². The third-order valence-electron chi connectivity index (χ3n) is 4.98. The second kappa shape index (κ2) is 10.8. The Morgan fingerprint density at radius 1 is 1.00 bits per heavy atom. The molecule has 6 heteroatoms. The van der Waals surface area contributed by atoms with Gasteiger partial charge in [-0.3, -0.25) is 4.79 Å². The number of aryl methyl sites for hydroxylation is 2. The molecule has 6 nitrogen and oxygen atoms in total. The van der Waals surface area contributed by atoms with Gasteiger partial charge in [-0.1, -0.05) is 54.6 Å². The Hall–Kier alpha value is -4.37. The molecule has 1 unspecified atom stereocenters. The number of ether oxygens (including phenoxy) is 2. The van der Waals surface area contributed by atoms with Crippen LogP contribution in [0.5, 0.6) is 5.75 Å². The van der Waals surface area contributed by atoms with Gasteiger partial charge in [0.05, 0.1) is 7.11 Å². The van der Waals surface area contributed by atoms with Crippen LogP contribution < -0.4 is 10.1 Å². The van der Waals surface area contributed by atoms with Crippen LogP contribution in [0.4, 0.5) is 5.69 Å². The number of amides is 1. The SMILES string of the molecule is COc1ccc(/C=C(\C#N)C(=O)OC(C(=O)Nc2cc(C)ccc2C)c2ccccc2)cc1. The average Bonchev–Trinajstić information content (AvgIpc) is 2.84. The maximum Gasteiger partial charge on any atom is 0.350 e. The van der Waals surface area contributed by atoms with Crippen molar-refractivity contribution in [2.24, 2.45) is 0 Å². The number of benzene rings is 3. The molecule has 0 fully saturated rings. The Morgan fingerprint density at radius 3 is 2.33 bits per heavy atom. The number of esters is 1. The van der Waals surface area contributed by atoms with Gasteiger partial charge < -0.3 is 14.8 Å². The van der Waals surface area contributed by atoms with Crippen LogP contribution in [0.2, 0.25) is 0 Å². The molecule has 0 aliphatic carbocycles. The van der Waals surface area contributed by atoms with Gasteiger partial charge >= 0.3 is 5.97 Å². The van der Waals surface area contributed by atoms with Crippen LogP contribution in [0.15, 0.2) is 78.4 Å². The van der Waals surface area contributed by atoms with Crippen molar-refractivity contribution >= 4 is 23.6 Å². The Morgan fingerprint density at radius 2 is 1.70 bits per heavy atom. The van der Waals surface area contributed by atoms with Crippen LogP contribution in [0.1, 0.15) is 28.4 Å². The molecular weight excluding hydrogens is 416 g/mol. The fourth-order valence-corrected chi connectivity index (χ4v) is 3.14. The highest BCUT2D eigenvalue weighted by Gasteiger charge is 2.27. The van der Waals surface area contributed by atoms with Crippen LogP contribution in [-0.4, -0.2) is 19.0 Å². The molecule has 0 heterocycles. The Kier molecular flexibility index (Phi) is 7.61. The van der Waals surface area contributed by atoms with E-state index in [1.807, 2.05) is 38.1 Å². The first-order valence-electron chi connectivity index (χ1n) is 10.3. The number of nitrogens with one attached hydrogen (secondary N) is 1. The van der Waals surface area contributed by atoms with Crippen LogP contribution in [-0.2, 0) is 14.3 Å². The van der Waals surface area contributed by atoms with Gasteiger partial charge in [0.25, 0.3) is 5.91 Å². The van der Waals surface area contributed by atoms with E-state index in [4.69, 9.17) is 9.47 Å². The summed E-state index contributed by atoms with van der Waals surface area (Å²) in [5.74, 6) is -0.747. The lowest BCUT2D eigenvalue weighted by Crippen LogP contribution is -2.26. The number of hydrogen-bond donors (Lipinski definition) is 1. The minimum atomic E-state index is -1.23. The zero-order valence-electron chi connectivity index (χ0n) is 18.7. The monoisotopic (exact) mass is 440 g/mol. The van der Waals surface area contributed by atoms with Crippen molar-refractivity contribution in [2.45, 2.75) is 20.0 Å². The summed E-state index contributed by atoms with van der Waals surface area (Å²) >= 11 is 0. The summed E-state index contributed by atoms with van der Waals surface area (Å²) in [6, 6.07) is 23.1. The van der Waals surface area contributed by atoms with Gasteiger partial charge in [0.15, 0.2) is 0 Å². The second-order valence-corrected chi connectivity index (χ2v) is 7.45. The second-order valence-electron chi connectivity index (χ2n) is 7.45. The summed E-state index contributed by atoms with van der Waals surface area (Å²) in [6.07, 6.45) is 0.179. The minimum absolute atomic E-state index is 0.222. The molecule has 0 spiro atoms. The normalized spacial score (nSPS) is 11.8. The Balaban J connectivity index is 1.87. The van der Waals surface area contributed by atoms with E-state index in [-0.39, 0.29) is 5.57 Å². The largest absolute Gasteiger partial charge is 0.497 e. The fraction of sp³-hybridized carbons (Fsp3) is 0.148. The lowest BCUT2D eigenvalue weighted by atomic mass is 10.1. The van der Waals surface area contributed by atoms with Gasteiger partial charge in [0.2, 0.25) is 6.10 Å². The van der Waals surface area contributed by atoms with Crippen molar-refractivity contribution in [1.29, 1.82) is 5.26 Å². The number of hydrogen-bond acceptors (Lipinski definition) is 5. The van der Waals surface area contributed by atoms with Gasteiger partial charge in [-0.2, -0.15) is 5.26 Å². The zero-order valence-corrected chi connectivity index (χ0v) is 18.7. The molecule has 0 aliphatic rings. The number of rotatable bonds is 7. The van der Waals surface area contributed by atoms with Crippen molar-refractivity contribution < 1.29 is 19.1 Å². The topological polar surface area (TPSA) is 88.4 Å². The molecule has 3 aromatic rings. The van der Waals surface area contributed by atoms with E-state index in [0.29, 0.717) is 22.6 Å². The molecule has 0 saturated heterocycles. The van der Waals surface area contributed by atoms with Gasteiger partial charge in [-0.25, -0.2) is 4.79 Å². The van der Waals surface area contributed by atoms with E-state index in [0.717, 1.165) is 11.1 Å². The molecule has 1 amide bonds. The van der Waals surface area contributed by atoms with E-state index in [9.17, 15) is 14.9 Å². The third kappa shape index (κ3) is 6.08. The van der Waals surface area contributed by atoms with E-state index in [2.05, 4.69) is 5.32 Å². The highest BCUT2D eigenvalue weighted by Crippen LogP contribution is 2.24. The number of nitriles is 1. The minimum Gasteiger partial charge on any atom is -0.497 e. The highest BCUT2D eigenvalue weighted by molar-refractivity contribution is 6.01. The molecule has 0 aromatic heterocycles. The number of carbonyl (C=O) groups excluding carboxylic acids is 2. The molecule has 0 radical (unpaired) electrons. The summed E-state index contributed by atoms with van der Waals surface area (Å²) in [5.41, 5.74) is 3.39. The predicted molar refractivity (Wildman–Crippen MR) is 126 cm³/mol. The van der Waals surface area contributed by atoms with Gasteiger partial charge in [0.1, 0.15) is 17.4 Å². The molecule has 3 rings (SSSR count).